The molecule has 4 nitrogen and oxygen atoms in total. The van der Waals surface area contributed by atoms with Crippen molar-refractivity contribution in [2.75, 3.05) is 17.2 Å². The van der Waals surface area contributed by atoms with Crippen LogP contribution in [0.15, 0.2) is 46.2 Å². The number of anilines is 2. The minimum atomic E-state index is -3.93. The summed E-state index contributed by atoms with van der Waals surface area (Å²) in [6.45, 7) is 4.71. The van der Waals surface area contributed by atoms with Gasteiger partial charge in [-0.25, -0.2) is 0 Å². The van der Waals surface area contributed by atoms with E-state index in [0.29, 0.717) is 13.0 Å². The molecular weight excluding hydrogens is 330 g/mol. The Morgan fingerprint density at radius 3 is 2.61 bits per heavy atom. The third kappa shape index (κ3) is 3.54. The van der Waals surface area contributed by atoms with Gasteiger partial charge < -0.3 is 4.90 Å². The van der Waals surface area contributed by atoms with E-state index < -0.39 is 10.1 Å². The predicted molar refractivity (Wildman–Crippen MR) is 94.5 cm³/mol. The SMILES string of the molecule is Cc1cc(C)c2c(c1)Sc1ccccc1N2CCCS(=O)(=O)O. The van der Waals surface area contributed by atoms with E-state index in [1.165, 1.54) is 16.0 Å². The lowest BCUT2D eigenvalue weighted by molar-refractivity contribution is 0.481. The largest absolute Gasteiger partial charge is 0.339 e. The highest BCUT2D eigenvalue weighted by Gasteiger charge is 2.25. The van der Waals surface area contributed by atoms with Crippen molar-refractivity contribution >= 4 is 33.3 Å². The van der Waals surface area contributed by atoms with Crippen LogP contribution in [0.4, 0.5) is 11.4 Å². The van der Waals surface area contributed by atoms with Crippen molar-refractivity contribution in [1.29, 1.82) is 0 Å². The molecule has 0 unspecified atom stereocenters. The second-order valence-corrected chi connectivity index (χ2v) is 8.45. The van der Waals surface area contributed by atoms with E-state index >= 15 is 0 Å². The second kappa shape index (κ2) is 6.19. The van der Waals surface area contributed by atoms with Crippen LogP contribution in [0, 0.1) is 13.8 Å². The first-order valence-corrected chi connectivity index (χ1v) is 9.88. The van der Waals surface area contributed by atoms with Crippen LogP contribution >= 0.6 is 11.8 Å². The fraction of sp³-hybridized carbons (Fsp3) is 0.294. The molecule has 0 saturated carbocycles. The monoisotopic (exact) mass is 349 g/mol. The van der Waals surface area contributed by atoms with E-state index in [2.05, 4.69) is 43.0 Å². The van der Waals surface area contributed by atoms with Gasteiger partial charge in [0.2, 0.25) is 0 Å². The number of aryl methyl sites for hydroxylation is 2. The first-order chi connectivity index (χ1) is 10.8. The highest BCUT2D eigenvalue weighted by atomic mass is 32.2. The summed E-state index contributed by atoms with van der Waals surface area (Å²) >= 11 is 1.74. The van der Waals surface area contributed by atoms with Gasteiger partial charge >= 0.3 is 0 Å². The Kier molecular flexibility index (Phi) is 4.40. The van der Waals surface area contributed by atoms with E-state index in [-0.39, 0.29) is 5.75 Å². The van der Waals surface area contributed by atoms with E-state index in [4.69, 9.17) is 4.55 Å². The number of para-hydroxylation sites is 1. The lowest BCUT2D eigenvalue weighted by Crippen LogP contribution is -2.24. The van der Waals surface area contributed by atoms with Crippen LogP contribution in [0.25, 0.3) is 0 Å². The van der Waals surface area contributed by atoms with E-state index in [1.54, 1.807) is 11.8 Å². The van der Waals surface area contributed by atoms with E-state index in [1.807, 2.05) is 12.1 Å². The summed E-state index contributed by atoms with van der Waals surface area (Å²) in [6.07, 6.45) is 0.380. The normalized spacial score (nSPS) is 13.6. The Bertz CT molecular complexity index is 847. The summed E-state index contributed by atoms with van der Waals surface area (Å²) in [5, 5.41) is 0. The van der Waals surface area contributed by atoms with Gasteiger partial charge in [-0.2, -0.15) is 8.42 Å². The maximum Gasteiger partial charge on any atom is 0.264 e. The van der Waals surface area contributed by atoms with Gasteiger partial charge in [0, 0.05) is 16.3 Å². The molecule has 1 heterocycles. The van der Waals surface area contributed by atoms with Crippen LogP contribution in [0.2, 0.25) is 0 Å². The quantitative estimate of drug-likeness (QED) is 0.839. The Balaban J connectivity index is 2.00. The molecule has 0 saturated heterocycles. The van der Waals surface area contributed by atoms with Gasteiger partial charge in [-0.15, -0.1) is 0 Å². The molecule has 0 amide bonds. The summed E-state index contributed by atoms with van der Waals surface area (Å²) in [5.41, 5.74) is 4.61. The molecule has 122 valence electrons. The lowest BCUT2D eigenvalue weighted by atomic mass is 10.1. The zero-order valence-electron chi connectivity index (χ0n) is 13.1. The molecule has 2 aromatic carbocycles. The molecule has 0 radical (unpaired) electrons. The van der Waals surface area contributed by atoms with Crippen molar-refractivity contribution in [3.8, 4) is 0 Å². The summed E-state index contributed by atoms with van der Waals surface area (Å²) in [4.78, 5) is 4.52. The minimum Gasteiger partial charge on any atom is -0.339 e. The molecule has 6 heteroatoms. The van der Waals surface area contributed by atoms with Crippen LogP contribution in [-0.2, 0) is 10.1 Å². The van der Waals surface area contributed by atoms with E-state index in [0.717, 1.165) is 16.3 Å². The molecule has 3 rings (SSSR count). The Hall–Kier alpha value is -1.50. The Morgan fingerprint density at radius 2 is 1.87 bits per heavy atom. The molecule has 0 bridgehead atoms. The van der Waals surface area contributed by atoms with Gasteiger partial charge in [0.05, 0.1) is 17.1 Å². The van der Waals surface area contributed by atoms with Crippen LogP contribution in [0.1, 0.15) is 17.5 Å². The molecule has 23 heavy (non-hydrogen) atoms. The van der Waals surface area contributed by atoms with E-state index in [9.17, 15) is 8.42 Å². The van der Waals surface area contributed by atoms with Gasteiger partial charge in [0.25, 0.3) is 10.1 Å². The van der Waals surface area contributed by atoms with Crippen molar-refractivity contribution in [1.82, 2.24) is 0 Å². The van der Waals surface area contributed by atoms with Crippen LogP contribution in [0.5, 0.6) is 0 Å². The van der Waals surface area contributed by atoms with Gasteiger partial charge in [0.1, 0.15) is 0 Å². The number of hydrogen-bond acceptors (Lipinski definition) is 4. The highest BCUT2D eigenvalue weighted by Crippen LogP contribution is 2.49. The average Bonchev–Trinajstić information content (AvgIpc) is 2.44. The smallest absolute Gasteiger partial charge is 0.264 e. The molecule has 0 fully saturated rings. The van der Waals surface area contributed by atoms with Gasteiger partial charge in [-0.1, -0.05) is 30.0 Å². The topological polar surface area (TPSA) is 57.6 Å². The summed E-state index contributed by atoms with van der Waals surface area (Å²) in [6, 6.07) is 12.4. The summed E-state index contributed by atoms with van der Waals surface area (Å²) in [5.74, 6) is -0.223. The van der Waals surface area contributed by atoms with Gasteiger partial charge in [-0.3, -0.25) is 4.55 Å². The number of fused-ring (bicyclic) bond motifs is 2. The third-order valence-electron chi connectivity index (χ3n) is 3.84. The molecule has 0 aromatic heterocycles. The maximum atomic E-state index is 11.0. The zero-order valence-corrected chi connectivity index (χ0v) is 14.7. The standard InChI is InChI=1S/C17H19NO3S2/c1-12-10-13(2)17-16(11-12)22-15-7-4-3-6-14(15)18(17)8-5-9-23(19,20)21/h3-4,6-7,10-11H,5,8-9H2,1-2H3,(H,19,20,21). The average molecular weight is 349 g/mol. The van der Waals surface area contributed by atoms with Crippen LogP contribution < -0.4 is 4.90 Å². The van der Waals surface area contributed by atoms with Crippen molar-refractivity contribution in [3.05, 3.63) is 47.5 Å². The first kappa shape index (κ1) is 16.4. The lowest BCUT2D eigenvalue weighted by Gasteiger charge is -2.34. The Labute approximate surface area is 141 Å². The van der Waals surface area contributed by atoms with Gasteiger partial charge in [0.15, 0.2) is 0 Å². The third-order valence-corrected chi connectivity index (χ3v) is 5.74. The minimum absolute atomic E-state index is 0.223. The molecule has 2 aromatic rings. The Morgan fingerprint density at radius 1 is 1.13 bits per heavy atom. The van der Waals surface area contributed by atoms with Crippen molar-refractivity contribution < 1.29 is 13.0 Å². The van der Waals surface area contributed by atoms with Crippen LogP contribution in [-0.4, -0.2) is 25.3 Å². The number of hydrogen-bond donors (Lipinski definition) is 1. The van der Waals surface area contributed by atoms with Crippen LogP contribution in [0.3, 0.4) is 0 Å². The van der Waals surface area contributed by atoms with Crippen molar-refractivity contribution in [3.63, 3.8) is 0 Å². The number of nitrogens with zero attached hydrogens (tertiary/aromatic N) is 1. The molecule has 1 aliphatic rings. The second-order valence-electron chi connectivity index (χ2n) is 5.79. The number of rotatable bonds is 4. The summed E-state index contributed by atoms with van der Waals surface area (Å²) in [7, 11) is -3.93. The predicted octanol–water partition coefficient (Wildman–Crippen LogP) is 4.18. The number of benzene rings is 2. The fourth-order valence-corrected chi connectivity index (χ4v) is 4.76. The molecule has 0 aliphatic carbocycles. The molecule has 0 spiro atoms. The summed E-state index contributed by atoms with van der Waals surface area (Å²) < 4.78 is 31.0. The van der Waals surface area contributed by atoms with Gasteiger partial charge in [-0.05, 0) is 49.6 Å². The zero-order chi connectivity index (χ0) is 16.6. The fourth-order valence-electron chi connectivity index (χ4n) is 2.99. The highest BCUT2D eigenvalue weighted by molar-refractivity contribution is 7.99. The molecule has 1 N–H and O–H groups in total. The molecule has 0 atom stereocenters. The maximum absolute atomic E-state index is 11.0. The first-order valence-electron chi connectivity index (χ1n) is 7.46. The molecular formula is C17H19NO3S2. The van der Waals surface area contributed by atoms with Crippen molar-refractivity contribution in [2.24, 2.45) is 0 Å². The van der Waals surface area contributed by atoms with Crippen molar-refractivity contribution in [2.45, 2.75) is 30.1 Å². The molecule has 1 aliphatic heterocycles.